The quantitative estimate of drug-likeness (QED) is 0.688. The predicted molar refractivity (Wildman–Crippen MR) is 95.5 cm³/mol. The van der Waals surface area contributed by atoms with Crippen LogP contribution in [0.15, 0.2) is 77.8 Å². The minimum absolute atomic E-state index is 0.628. The molecule has 0 amide bonds. The van der Waals surface area contributed by atoms with Gasteiger partial charge in [-0.15, -0.1) is 11.8 Å². The standard InChI is InChI=1S/C20H19NOS/c1-15-18(20(22)17-10-6-3-7-11-17)12-13-19(21-15)23-14-16-8-4-2-5-9-16/h2-13,20,22H,14H2,1H3/t20-/m0/s1. The molecule has 23 heavy (non-hydrogen) atoms. The van der Waals surface area contributed by atoms with Crippen molar-refractivity contribution in [2.45, 2.75) is 23.8 Å². The Kier molecular flexibility index (Phi) is 5.11. The Bertz CT molecular complexity index is 759. The number of hydrogen-bond donors (Lipinski definition) is 1. The topological polar surface area (TPSA) is 33.1 Å². The third kappa shape index (κ3) is 4.01. The molecule has 2 aromatic carbocycles. The zero-order valence-electron chi connectivity index (χ0n) is 13.0. The third-order valence-electron chi connectivity index (χ3n) is 3.74. The summed E-state index contributed by atoms with van der Waals surface area (Å²) in [6.07, 6.45) is -0.628. The van der Waals surface area contributed by atoms with Crippen LogP contribution in [0.25, 0.3) is 0 Å². The molecule has 0 radical (unpaired) electrons. The second-order valence-electron chi connectivity index (χ2n) is 5.41. The van der Waals surface area contributed by atoms with Gasteiger partial charge in [0.15, 0.2) is 0 Å². The first kappa shape index (κ1) is 15.8. The largest absolute Gasteiger partial charge is 0.384 e. The van der Waals surface area contributed by atoms with E-state index in [4.69, 9.17) is 0 Å². The molecule has 1 aromatic heterocycles. The fourth-order valence-corrected chi connectivity index (χ4v) is 3.34. The van der Waals surface area contributed by atoms with Gasteiger partial charge in [-0.25, -0.2) is 4.98 Å². The summed E-state index contributed by atoms with van der Waals surface area (Å²) in [6, 6.07) is 24.0. The van der Waals surface area contributed by atoms with E-state index in [0.29, 0.717) is 0 Å². The summed E-state index contributed by atoms with van der Waals surface area (Å²) in [5, 5.41) is 11.5. The highest BCUT2D eigenvalue weighted by Crippen LogP contribution is 2.27. The Hall–Kier alpha value is -2.10. The molecule has 3 aromatic rings. The molecule has 1 N–H and O–H groups in total. The number of pyridine rings is 1. The lowest BCUT2D eigenvalue weighted by Crippen LogP contribution is -2.03. The van der Waals surface area contributed by atoms with Gasteiger partial charge in [-0.3, -0.25) is 0 Å². The molecule has 0 saturated carbocycles. The number of aliphatic hydroxyl groups excluding tert-OH is 1. The van der Waals surface area contributed by atoms with Gasteiger partial charge in [0.05, 0.1) is 5.03 Å². The molecule has 0 fully saturated rings. The summed E-state index contributed by atoms with van der Waals surface area (Å²) in [4.78, 5) is 4.64. The van der Waals surface area contributed by atoms with E-state index in [9.17, 15) is 5.11 Å². The van der Waals surface area contributed by atoms with Crippen molar-refractivity contribution in [2.75, 3.05) is 0 Å². The number of benzene rings is 2. The number of aryl methyl sites for hydroxylation is 1. The first-order valence-corrected chi connectivity index (χ1v) is 8.60. The summed E-state index contributed by atoms with van der Waals surface area (Å²) in [7, 11) is 0. The maximum Gasteiger partial charge on any atom is 0.106 e. The van der Waals surface area contributed by atoms with Crippen molar-refractivity contribution in [3.8, 4) is 0 Å². The second-order valence-corrected chi connectivity index (χ2v) is 6.41. The van der Waals surface area contributed by atoms with Gasteiger partial charge in [0.2, 0.25) is 0 Å². The van der Waals surface area contributed by atoms with Crippen LogP contribution in [0.2, 0.25) is 0 Å². The monoisotopic (exact) mass is 321 g/mol. The zero-order valence-corrected chi connectivity index (χ0v) is 13.8. The highest BCUT2D eigenvalue weighted by molar-refractivity contribution is 7.98. The molecule has 1 atom stereocenters. The summed E-state index contributed by atoms with van der Waals surface area (Å²) in [5.74, 6) is 0.897. The van der Waals surface area contributed by atoms with Crippen molar-refractivity contribution in [2.24, 2.45) is 0 Å². The van der Waals surface area contributed by atoms with Crippen LogP contribution in [0.3, 0.4) is 0 Å². The minimum atomic E-state index is -0.628. The van der Waals surface area contributed by atoms with Crippen LogP contribution in [-0.4, -0.2) is 10.1 Å². The van der Waals surface area contributed by atoms with Gasteiger partial charge < -0.3 is 5.11 Å². The predicted octanol–water partition coefficient (Wildman–Crippen LogP) is 4.76. The van der Waals surface area contributed by atoms with Gasteiger partial charge in [0.25, 0.3) is 0 Å². The van der Waals surface area contributed by atoms with Crippen LogP contribution in [-0.2, 0) is 5.75 Å². The molecule has 0 unspecified atom stereocenters. The zero-order chi connectivity index (χ0) is 16.1. The van der Waals surface area contributed by atoms with E-state index in [1.54, 1.807) is 11.8 Å². The van der Waals surface area contributed by atoms with Crippen LogP contribution >= 0.6 is 11.8 Å². The minimum Gasteiger partial charge on any atom is -0.384 e. The number of hydrogen-bond acceptors (Lipinski definition) is 3. The van der Waals surface area contributed by atoms with Crippen molar-refractivity contribution >= 4 is 11.8 Å². The van der Waals surface area contributed by atoms with E-state index in [-0.39, 0.29) is 0 Å². The van der Waals surface area contributed by atoms with Gasteiger partial charge >= 0.3 is 0 Å². The van der Waals surface area contributed by atoms with Crippen LogP contribution in [0.5, 0.6) is 0 Å². The first-order valence-electron chi connectivity index (χ1n) is 7.61. The Balaban J connectivity index is 1.73. The molecule has 0 bridgehead atoms. The van der Waals surface area contributed by atoms with Crippen LogP contribution < -0.4 is 0 Å². The van der Waals surface area contributed by atoms with E-state index in [0.717, 1.165) is 27.6 Å². The van der Waals surface area contributed by atoms with Crippen molar-refractivity contribution in [1.29, 1.82) is 0 Å². The molecule has 116 valence electrons. The van der Waals surface area contributed by atoms with Gasteiger partial charge in [0.1, 0.15) is 6.10 Å². The molecule has 3 rings (SSSR count). The highest BCUT2D eigenvalue weighted by atomic mass is 32.2. The highest BCUT2D eigenvalue weighted by Gasteiger charge is 2.14. The molecular formula is C20H19NOS. The average molecular weight is 321 g/mol. The van der Waals surface area contributed by atoms with Gasteiger partial charge in [0, 0.05) is 17.0 Å². The van der Waals surface area contributed by atoms with Crippen molar-refractivity contribution in [3.05, 3.63) is 95.2 Å². The molecule has 0 aliphatic heterocycles. The Labute approximate surface area is 141 Å². The lowest BCUT2D eigenvalue weighted by molar-refractivity contribution is 0.219. The molecule has 0 aliphatic rings. The molecule has 3 heteroatoms. The average Bonchev–Trinajstić information content (AvgIpc) is 2.61. The normalized spacial score (nSPS) is 12.1. The van der Waals surface area contributed by atoms with Gasteiger partial charge in [-0.1, -0.05) is 66.7 Å². The van der Waals surface area contributed by atoms with Crippen molar-refractivity contribution < 1.29 is 5.11 Å². The number of aromatic nitrogens is 1. The third-order valence-corrected chi connectivity index (χ3v) is 4.74. The maximum atomic E-state index is 10.5. The molecule has 0 aliphatic carbocycles. The number of thioether (sulfide) groups is 1. The Morgan fingerprint density at radius 3 is 2.22 bits per heavy atom. The SMILES string of the molecule is Cc1nc(SCc2ccccc2)ccc1[C@@H](O)c1ccccc1. The molecule has 0 saturated heterocycles. The second kappa shape index (κ2) is 7.44. The smallest absolute Gasteiger partial charge is 0.106 e. The van der Waals surface area contributed by atoms with Gasteiger partial charge in [-0.05, 0) is 24.1 Å². The van der Waals surface area contributed by atoms with Gasteiger partial charge in [-0.2, -0.15) is 0 Å². The summed E-state index contributed by atoms with van der Waals surface area (Å²) in [6.45, 7) is 1.95. The number of aliphatic hydroxyl groups is 1. The first-order chi connectivity index (χ1) is 11.2. The summed E-state index contributed by atoms with van der Waals surface area (Å²) >= 11 is 1.71. The lowest BCUT2D eigenvalue weighted by Gasteiger charge is -2.14. The lowest BCUT2D eigenvalue weighted by atomic mass is 10.0. The van der Waals surface area contributed by atoms with E-state index in [1.165, 1.54) is 5.56 Å². The fraction of sp³-hybridized carbons (Fsp3) is 0.150. The number of nitrogens with zero attached hydrogens (tertiary/aromatic N) is 1. The maximum absolute atomic E-state index is 10.5. The number of rotatable bonds is 5. The molecular weight excluding hydrogens is 302 g/mol. The fourth-order valence-electron chi connectivity index (χ4n) is 2.46. The van der Waals surface area contributed by atoms with E-state index < -0.39 is 6.10 Å². The van der Waals surface area contributed by atoms with Crippen LogP contribution in [0.1, 0.15) is 28.5 Å². The Morgan fingerprint density at radius 2 is 1.57 bits per heavy atom. The molecule has 2 nitrogen and oxygen atoms in total. The summed E-state index contributed by atoms with van der Waals surface area (Å²) < 4.78 is 0. The van der Waals surface area contributed by atoms with E-state index in [1.807, 2.05) is 67.6 Å². The van der Waals surface area contributed by atoms with E-state index in [2.05, 4.69) is 17.1 Å². The van der Waals surface area contributed by atoms with E-state index >= 15 is 0 Å². The van der Waals surface area contributed by atoms with Crippen LogP contribution in [0, 0.1) is 6.92 Å². The van der Waals surface area contributed by atoms with Crippen LogP contribution in [0.4, 0.5) is 0 Å². The van der Waals surface area contributed by atoms with Crippen molar-refractivity contribution in [3.63, 3.8) is 0 Å². The van der Waals surface area contributed by atoms with Crippen molar-refractivity contribution in [1.82, 2.24) is 4.98 Å². The summed E-state index contributed by atoms with van der Waals surface area (Å²) in [5.41, 5.74) is 3.91. The molecule has 1 heterocycles. The Morgan fingerprint density at radius 1 is 0.913 bits per heavy atom. The molecule has 0 spiro atoms.